The third kappa shape index (κ3) is 12.1. The average Bonchev–Trinajstić information content (AvgIpc) is 2.94. The van der Waals surface area contributed by atoms with Crippen LogP contribution in [0.5, 0.6) is 0 Å². The van der Waals surface area contributed by atoms with Gasteiger partial charge in [-0.15, -0.1) is 6.42 Å². The van der Waals surface area contributed by atoms with Gasteiger partial charge in [0.15, 0.2) is 43.1 Å². The van der Waals surface area contributed by atoms with Crippen LogP contribution < -0.4 is 0 Å². The molecule has 2 aliphatic heterocycles. The fraction of sp³-hybridized carbons (Fsp3) is 0.690. The highest BCUT2D eigenvalue weighted by atomic mass is 16.8. The van der Waals surface area contributed by atoms with Crippen LogP contribution in [-0.2, 0) is 85.7 Å². The number of ether oxygens (including phenoxy) is 11. The van der Waals surface area contributed by atoms with E-state index in [1.165, 1.54) is 0 Å². The highest BCUT2D eigenvalue weighted by molar-refractivity contribution is 5.69. The lowest BCUT2D eigenvalue weighted by Crippen LogP contribution is -2.67. The van der Waals surface area contributed by atoms with Gasteiger partial charge in [0.25, 0.3) is 0 Å². The van der Waals surface area contributed by atoms with Crippen molar-refractivity contribution in [1.29, 1.82) is 0 Å². The number of hydrogen-bond acceptors (Lipinski definition) is 18. The molecule has 2 heterocycles. The Morgan fingerprint density at radius 2 is 0.872 bits per heavy atom. The predicted octanol–water partition coefficient (Wildman–Crippen LogP) is -0.744. The molecule has 0 bridgehead atoms. The summed E-state index contributed by atoms with van der Waals surface area (Å²) in [4.78, 5) is 84.5. The van der Waals surface area contributed by atoms with E-state index in [0.29, 0.717) is 0 Å². The van der Waals surface area contributed by atoms with Gasteiger partial charge in [-0.3, -0.25) is 33.6 Å². The summed E-state index contributed by atoms with van der Waals surface area (Å²) in [6.07, 6.45) is -10.2. The first-order chi connectivity index (χ1) is 22.0. The van der Waals surface area contributed by atoms with Crippen LogP contribution in [-0.4, -0.2) is 123 Å². The highest BCUT2D eigenvalue weighted by Crippen LogP contribution is 2.35. The monoisotopic (exact) mass is 674 g/mol. The van der Waals surface area contributed by atoms with E-state index in [-0.39, 0.29) is 6.61 Å². The van der Waals surface area contributed by atoms with Gasteiger partial charge >= 0.3 is 41.8 Å². The molecule has 0 radical (unpaired) electrons. The highest BCUT2D eigenvalue weighted by Gasteiger charge is 2.57. The summed E-state index contributed by atoms with van der Waals surface area (Å²) in [7, 11) is 0. The van der Waals surface area contributed by atoms with Crippen LogP contribution in [0.3, 0.4) is 0 Å². The third-order valence-corrected chi connectivity index (χ3v) is 6.22. The lowest BCUT2D eigenvalue weighted by atomic mass is 9.96. The van der Waals surface area contributed by atoms with Gasteiger partial charge in [0, 0.05) is 48.5 Å². The number of rotatable bonds is 13. The van der Waals surface area contributed by atoms with Gasteiger partial charge in [0.05, 0.1) is 0 Å². The van der Waals surface area contributed by atoms with Crippen LogP contribution in [0.25, 0.3) is 0 Å². The van der Waals surface area contributed by atoms with Crippen LogP contribution in [0.4, 0.5) is 0 Å². The maximum Gasteiger partial charge on any atom is 0.303 e. The molecule has 0 spiro atoms. The standard InChI is InChI=1S/C29H38O18/c1-9-10-37-28-26(43-18(7)35)25(42-17(6)34)23(21(45-28)12-39-14(3)31)47-29-27(44-19(8)36)24(41-16(5)33)22(40-15(4)32)20(46-29)11-38-13(2)30/h1,20-29H,10-12H2,2-8H3/t20?,21?,22-,23+,24?,25?,26?,27?,28+,29-/m0/s1. The minimum absolute atomic E-state index is 0.347. The fourth-order valence-corrected chi connectivity index (χ4v) is 4.74. The van der Waals surface area contributed by atoms with Crippen molar-refractivity contribution in [3.8, 4) is 12.3 Å². The van der Waals surface area contributed by atoms with Crippen molar-refractivity contribution in [1.82, 2.24) is 0 Å². The second kappa shape index (κ2) is 18.1. The summed E-state index contributed by atoms with van der Waals surface area (Å²) in [5, 5.41) is 0. The Morgan fingerprint density at radius 1 is 0.511 bits per heavy atom. The van der Waals surface area contributed by atoms with Crippen molar-refractivity contribution in [3.05, 3.63) is 0 Å². The van der Waals surface area contributed by atoms with Crippen LogP contribution in [0.2, 0.25) is 0 Å². The van der Waals surface area contributed by atoms with Crippen LogP contribution >= 0.6 is 0 Å². The molecule has 18 heteroatoms. The summed E-state index contributed by atoms with van der Waals surface area (Å²) < 4.78 is 61.0. The lowest BCUT2D eigenvalue weighted by molar-refractivity contribution is -0.360. The Morgan fingerprint density at radius 3 is 1.30 bits per heavy atom. The van der Waals surface area contributed by atoms with Crippen LogP contribution in [0.15, 0.2) is 0 Å². The fourth-order valence-electron chi connectivity index (χ4n) is 4.74. The second-order valence-corrected chi connectivity index (χ2v) is 10.2. The molecule has 0 amide bonds. The summed E-state index contributed by atoms with van der Waals surface area (Å²) in [6.45, 7) is 5.94. The Bertz CT molecular complexity index is 1210. The molecule has 0 aromatic rings. The zero-order valence-corrected chi connectivity index (χ0v) is 26.8. The molecule has 2 rings (SSSR count). The zero-order chi connectivity index (χ0) is 35.4. The number of carbonyl (C=O) groups excluding carboxylic acids is 7. The van der Waals surface area contributed by atoms with Crippen molar-refractivity contribution in [2.45, 2.75) is 110 Å². The summed E-state index contributed by atoms with van der Waals surface area (Å²) in [5.41, 5.74) is 0. The third-order valence-electron chi connectivity index (χ3n) is 6.22. The number of hydrogen-bond donors (Lipinski definition) is 0. The Labute approximate surface area is 269 Å². The molecular formula is C29H38O18. The van der Waals surface area contributed by atoms with E-state index < -0.39 is 116 Å². The van der Waals surface area contributed by atoms with E-state index in [1.807, 2.05) is 0 Å². The quantitative estimate of drug-likeness (QED) is 0.133. The van der Waals surface area contributed by atoms with Gasteiger partial charge in [-0.2, -0.15) is 0 Å². The molecule has 0 aromatic heterocycles. The lowest BCUT2D eigenvalue weighted by Gasteiger charge is -2.48. The minimum Gasteiger partial charge on any atom is -0.463 e. The summed E-state index contributed by atoms with van der Waals surface area (Å²) >= 11 is 0. The van der Waals surface area contributed by atoms with E-state index in [4.69, 9.17) is 58.5 Å². The molecule has 0 N–H and O–H groups in total. The van der Waals surface area contributed by atoms with Crippen LogP contribution in [0.1, 0.15) is 48.5 Å². The first-order valence-corrected chi connectivity index (χ1v) is 14.2. The van der Waals surface area contributed by atoms with Crippen molar-refractivity contribution < 1.29 is 85.7 Å². The molecule has 2 saturated heterocycles. The van der Waals surface area contributed by atoms with E-state index in [0.717, 1.165) is 48.5 Å². The molecule has 2 fully saturated rings. The number of carbonyl (C=O) groups is 7. The molecule has 0 saturated carbocycles. The van der Waals surface area contributed by atoms with E-state index in [1.54, 1.807) is 0 Å². The van der Waals surface area contributed by atoms with Crippen molar-refractivity contribution >= 4 is 41.8 Å². The smallest absolute Gasteiger partial charge is 0.303 e. The summed E-state index contributed by atoms with van der Waals surface area (Å²) in [6, 6.07) is 0. The molecule has 6 unspecified atom stereocenters. The maximum atomic E-state index is 12.3. The molecule has 262 valence electrons. The van der Waals surface area contributed by atoms with Gasteiger partial charge in [-0.1, -0.05) is 5.92 Å². The largest absolute Gasteiger partial charge is 0.463 e. The van der Waals surface area contributed by atoms with E-state index >= 15 is 0 Å². The maximum absolute atomic E-state index is 12.3. The molecule has 0 aromatic carbocycles. The molecule has 0 aliphatic carbocycles. The number of terminal acetylenes is 1. The van der Waals surface area contributed by atoms with E-state index in [2.05, 4.69) is 5.92 Å². The Balaban J connectivity index is 2.72. The minimum atomic E-state index is -1.79. The van der Waals surface area contributed by atoms with Crippen molar-refractivity contribution in [2.24, 2.45) is 0 Å². The second-order valence-electron chi connectivity index (χ2n) is 10.2. The Hall–Kier alpha value is -4.31. The SMILES string of the molecule is C#CCO[C@@H]1OC(COC(C)=O)[C@@H](O[C@@H]2OC(COC(C)=O)[C@H](OC(C)=O)C(OC(C)=O)C2OC(C)=O)C(OC(C)=O)C1OC(C)=O. The van der Waals surface area contributed by atoms with Gasteiger partial charge < -0.3 is 52.1 Å². The Kier molecular flexibility index (Phi) is 15.0. The molecule has 18 nitrogen and oxygen atoms in total. The first kappa shape index (κ1) is 38.9. The molecule has 2 aliphatic rings. The van der Waals surface area contributed by atoms with Crippen molar-refractivity contribution in [3.63, 3.8) is 0 Å². The van der Waals surface area contributed by atoms with Gasteiger partial charge in [0.1, 0.15) is 38.1 Å². The van der Waals surface area contributed by atoms with Gasteiger partial charge in [0.2, 0.25) is 0 Å². The summed E-state index contributed by atoms with van der Waals surface area (Å²) in [5.74, 6) is -3.68. The molecule has 47 heavy (non-hydrogen) atoms. The normalized spacial score (nSPS) is 30.0. The zero-order valence-electron chi connectivity index (χ0n) is 26.8. The average molecular weight is 675 g/mol. The first-order valence-electron chi connectivity index (χ1n) is 14.2. The number of esters is 7. The predicted molar refractivity (Wildman–Crippen MR) is 148 cm³/mol. The van der Waals surface area contributed by atoms with Gasteiger partial charge in [-0.25, -0.2) is 0 Å². The van der Waals surface area contributed by atoms with Crippen LogP contribution in [0, 0.1) is 12.3 Å². The van der Waals surface area contributed by atoms with Gasteiger partial charge in [-0.05, 0) is 0 Å². The topological polar surface area (TPSA) is 221 Å². The molecule has 10 atom stereocenters. The van der Waals surface area contributed by atoms with E-state index in [9.17, 15) is 33.6 Å². The van der Waals surface area contributed by atoms with Crippen molar-refractivity contribution in [2.75, 3.05) is 19.8 Å². The molecular weight excluding hydrogens is 636 g/mol.